The smallest absolute Gasteiger partial charge is 0.224 e. The molecule has 126 valence electrons. The number of ketones is 1. The summed E-state index contributed by atoms with van der Waals surface area (Å²) in [5.41, 5.74) is 7.57. The number of nitrogens with zero attached hydrogens (tertiary/aromatic N) is 1. The molecule has 1 aliphatic heterocycles. The highest BCUT2D eigenvalue weighted by Crippen LogP contribution is 2.18. The van der Waals surface area contributed by atoms with Crippen molar-refractivity contribution in [3.8, 4) is 0 Å². The van der Waals surface area contributed by atoms with Crippen molar-refractivity contribution in [1.82, 2.24) is 4.90 Å². The van der Waals surface area contributed by atoms with Gasteiger partial charge in [0.1, 0.15) is 5.78 Å². The summed E-state index contributed by atoms with van der Waals surface area (Å²) < 4.78 is 5.36. The Kier molecular flexibility index (Phi) is 6.70. The van der Waals surface area contributed by atoms with Crippen LogP contribution in [0.2, 0.25) is 0 Å². The van der Waals surface area contributed by atoms with Gasteiger partial charge in [-0.25, -0.2) is 0 Å². The van der Waals surface area contributed by atoms with E-state index in [2.05, 4.69) is 10.2 Å². The average Bonchev–Trinajstić information content (AvgIpc) is 2.55. The van der Waals surface area contributed by atoms with Crippen molar-refractivity contribution in [3.63, 3.8) is 0 Å². The zero-order valence-electron chi connectivity index (χ0n) is 13.6. The average molecular weight is 319 g/mol. The van der Waals surface area contributed by atoms with Crippen LogP contribution < -0.4 is 11.1 Å². The van der Waals surface area contributed by atoms with Gasteiger partial charge in [-0.3, -0.25) is 14.5 Å². The Hall–Kier alpha value is -1.76. The second-order valence-electron chi connectivity index (χ2n) is 5.85. The van der Waals surface area contributed by atoms with E-state index in [0.717, 1.165) is 44.1 Å². The first kappa shape index (κ1) is 17.6. The highest BCUT2D eigenvalue weighted by Gasteiger charge is 2.15. The number of amides is 1. The molecule has 1 amide bonds. The summed E-state index contributed by atoms with van der Waals surface area (Å²) in [5, 5.41) is 2.93. The Balaban J connectivity index is 1.91. The zero-order valence-corrected chi connectivity index (χ0v) is 13.6. The van der Waals surface area contributed by atoms with Crippen LogP contribution in [0, 0.1) is 0 Å². The van der Waals surface area contributed by atoms with Crippen LogP contribution in [0.25, 0.3) is 0 Å². The van der Waals surface area contributed by atoms with Crippen LogP contribution in [0.1, 0.15) is 25.3 Å². The van der Waals surface area contributed by atoms with Gasteiger partial charge in [0.05, 0.1) is 19.3 Å². The standard InChI is InChI=1S/C17H25N3O3/c1-13(21)15(18)6-7-17(22)19-16-5-3-2-4-14(16)12-20-8-10-23-11-9-20/h2-5,15H,6-12,18H2,1H3,(H,19,22)/t15-/m0/s1. The number of para-hydroxylation sites is 1. The van der Waals surface area contributed by atoms with Crippen molar-refractivity contribution in [1.29, 1.82) is 0 Å². The number of carbonyl (C=O) groups excluding carboxylic acids is 2. The van der Waals surface area contributed by atoms with Gasteiger partial charge >= 0.3 is 0 Å². The molecule has 1 fully saturated rings. The number of Topliss-reactive ketones (excluding diaryl/α,β-unsaturated/α-hetero) is 1. The molecule has 1 aliphatic rings. The lowest BCUT2D eigenvalue weighted by Gasteiger charge is -2.27. The van der Waals surface area contributed by atoms with Crippen molar-refractivity contribution < 1.29 is 14.3 Å². The number of nitrogens with one attached hydrogen (secondary N) is 1. The number of carbonyl (C=O) groups is 2. The molecule has 3 N–H and O–H groups in total. The third kappa shape index (κ3) is 5.74. The minimum absolute atomic E-state index is 0.0921. The van der Waals surface area contributed by atoms with Gasteiger partial charge in [0, 0.05) is 31.7 Å². The molecule has 0 saturated carbocycles. The van der Waals surface area contributed by atoms with Crippen LogP contribution >= 0.6 is 0 Å². The maximum Gasteiger partial charge on any atom is 0.224 e. The first-order valence-electron chi connectivity index (χ1n) is 8.00. The van der Waals surface area contributed by atoms with Crippen LogP contribution in [-0.2, 0) is 20.9 Å². The van der Waals surface area contributed by atoms with E-state index in [1.807, 2.05) is 24.3 Å². The van der Waals surface area contributed by atoms with E-state index < -0.39 is 6.04 Å². The highest BCUT2D eigenvalue weighted by atomic mass is 16.5. The maximum atomic E-state index is 12.1. The van der Waals surface area contributed by atoms with Gasteiger partial charge in [0.15, 0.2) is 0 Å². The molecule has 0 aliphatic carbocycles. The predicted molar refractivity (Wildman–Crippen MR) is 89.1 cm³/mol. The summed E-state index contributed by atoms with van der Waals surface area (Å²) in [6.07, 6.45) is 0.611. The van der Waals surface area contributed by atoms with E-state index in [-0.39, 0.29) is 18.1 Å². The summed E-state index contributed by atoms with van der Waals surface area (Å²) in [4.78, 5) is 25.5. The monoisotopic (exact) mass is 319 g/mol. The molecule has 23 heavy (non-hydrogen) atoms. The van der Waals surface area contributed by atoms with Crippen LogP contribution in [0.3, 0.4) is 0 Å². The second-order valence-corrected chi connectivity index (χ2v) is 5.85. The zero-order chi connectivity index (χ0) is 16.7. The Bertz CT molecular complexity index is 542. The van der Waals surface area contributed by atoms with Gasteiger partial charge in [-0.05, 0) is 25.0 Å². The fourth-order valence-electron chi connectivity index (χ4n) is 2.48. The van der Waals surface area contributed by atoms with Gasteiger partial charge in [-0.15, -0.1) is 0 Å². The van der Waals surface area contributed by atoms with Crippen LogP contribution in [-0.4, -0.2) is 48.9 Å². The topological polar surface area (TPSA) is 84.7 Å². The number of hydrogen-bond acceptors (Lipinski definition) is 5. The lowest BCUT2D eigenvalue weighted by atomic mass is 10.1. The first-order chi connectivity index (χ1) is 11.1. The third-order valence-electron chi connectivity index (χ3n) is 3.99. The lowest BCUT2D eigenvalue weighted by molar-refractivity contribution is -0.119. The number of morpholine rings is 1. The van der Waals surface area contributed by atoms with Gasteiger partial charge < -0.3 is 15.8 Å². The fourth-order valence-corrected chi connectivity index (χ4v) is 2.48. The largest absolute Gasteiger partial charge is 0.379 e. The van der Waals surface area contributed by atoms with Crippen molar-refractivity contribution in [2.45, 2.75) is 32.4 Å². The van der Waals surface area contributed by atoms with Crippen LogP contribution in [0.15, 0.2) is 24.3 Å². The Morgan fingerprint density at radius 3 is 2.70 bits per heavy atom. The number of nitrogens with two attached hydrogens (primary N) is 1. The molecule has 1 atom stereocenters. The quantitative estimate of drug-likeness (QED) is 0.787. The summed E-state index contributed by atoms with van der Waals surface area (Å²) in [5.74, 6) is -0.207. The molecule has 1 saturated heterocycles. The van der Waals surface area contributed by atoms with Gasteiger partial charge in [-0.1, -0.05) is 18.2 Å². The van der Waals surface area contributed by atoms with Crippen molar-refractivity contribution in [2.24, 2.45) is 5.73 Å². The van der Waals surface area contributed by atoms with E-state index in [1.165, 1.54) is 6.92 Å². The maximum absolute atomic E-state index is 12.1. The van der Waals surface area contributed by atoms with E-state index in [9.17, 15) is 9.59 Å². The summed E-state index contributed by atoms with van der Waals surface area (Å²) in [7, 11) is 0. The summed E-state index contributed by atoms with van der Waals surface area (Å²) in [6.45, 7) is 5.52. The Morgan fingerprint density at radius 1 is 1.30 bits per heavy atom. The molecule has 0 radical (unpaired) electrons. The summed E-state index contributed by atoms with van der Waals surface area (Å²) >= 11 is 0. The van der Waals surface area contributed by atoms with Crippen molar-refractivity contribution in [2.75, 3.05) is 31.6 Å². The van der Waals surface area contributed by atoms with E-state index in [1.54, 1.807) is 0 Å². The lowest BCUT2D eigenvalue weighted by Crippen LogP contribution is -2.35. The normalized spacial score (nSPS) is 16.8. The Labute approximate surface area is 137 Å². The van der Waals surface area contributed by atoms with Crippen LogP contribution in [0.4, 0.5) is 5.69 Å². The van der Waals surface area contributed by atoms with Gasteiger partial charge in [0.25, 0.3) is 0 Å². The molecular formula is C17H25N3O3. The first-order valence-corrected chi connectivity index (χ1v) is 8.00. The van der Waals surface area contributed by atoms with Crippen molar-refractivity contribution in [3.05, 3.63) is 29.8 Å². The molecular weight excluding hydrogens is 294 g/mol. The van der Waals surface area contributed by atoms with Crippen molar-refractivity contribution >= 4 is 17.4 Å². The molecule has 2 rings (SSSR count). The number of anilines is 1. The summed E-state index contributed by atoms with van der Waals surface area (Å²) in [6, 6.07) is 7.23. The van der Waals surface area contributed by atoms with Gasteiger partial charge in [-0.2, -0.15) is 0 Å². The fraction of sp³-hybridized carbons (Fsp3) is 0.529. The van der Waals surface area contributed by atoms with Crippen LogP contribution in [0.5, 0.6) is 0 Å². The number of ether oxygens (including phenoxy) is 1. The molecule has 0 unspecified atom stereocenters. The predicted octanol–water partition coefficient (Wildman–Crippen LogP) is 1.15. The molecule has 6 nitrogen and oxygen atoms in total. The molecule has 0 bridgehead atoms. The molecule has 1 aromatic rings. The number of hydrogen-bond donors (Lipinski definition) is 2. The molecule has 0 aromatic heterocycles. The molecule has 6 heteroatoms. The second kappa shape index (κ2) is 8.76. The number of benzene rings is 1. The molecule has 0 spiro atoms. The van der Waals surface area contributed by atoms with E-state index in [4.69, 9.17) is 10.5 Å². The molecule has 1 aromatic carbocycles. The van der Waals surface area contributed by atoms with E-state index in [0.29, 0.717) is 6.42 Å². The molecule has 1 heterocycles. The SMILES string of the molecule is CC(=O)[C@@H](N)CCC(=O)Nc1ccccc1CN1CCOCC1. The Morgan fingerprint density at radius 2 is 2.00 bits per heavy atom. The minimum atomic E-state index is -0.565. The number of rotatable bonds is 7. The minimum Gasteiger partial charge on any atom is -0.379 e. The van der Waals surface area contributed by atoms with E-state index >= 15 is 0 Å². The van der Waals surface area contributed by atoms with Gasteiger partial charge in [0.2, 0.25) is 5.91 Å². The third-order valence-corrected chi connectivity index (χ3v) is 3.99. The highest BCUT2D eigenvalue weighted by molar-refractivity contribution is 5.92.